The maximum absolute atomic E-state index is 3.84. The predicted octanol–water partition coefficient (Wildman–Crippen LogP) is 4.36. The highest BCUT2D eigenvalue weighted by Gasteiger charge is 2.30. The first-order valence-corrected chi connectivity index (χ1v) is 10.8. The summed E-state index contributed by atoms with van der Waals surface area (Å²) in [4.78, 5) is 3.27. The first kappa shape index (κ1) is 18.4. The molecule has 0 bridgehead atoms. The van der Waals surface area contributed by atoms with Gasteiger partial charge in [-0.15, -0.1) is 0 Å². The van der Waals surface area contributed by atoms with E-state index in [1.54, 1.807) is 0 Å². The minimum absolute atomic E-state index is 0.772. The molecule has 0 aromatic carbocycles. The molecule has 24 heavy (non-hydrogen) atoms. The van der Waals surface area contributed by atoms with Crippen molar-refractivity contribution in [1.29, 1.82) is 0 Å². The number of hydrogen-bond donors (Lipinski definition) is 0. The largest absolute Gasteiger partial charge is 0.306 e. The Balaban J connectivity index is 1.64. The van der Waals surface area contributed by atoms with Gasteiger partial charge in [-0.2, -0.15) is 0 Å². The lowest BCUT2D eigenvalue weighted by Gasteiger charge is -2.36. The lowest BCUT2D eigenvalue weighted by molar-refractivity contribution is -0.671. The number of likely N-dealkylation sites (tertiary alicyclic amines) is 1. The molecule has 2 fully saturated rings. The SMILES string of the molecule is CN1CCC(CC(Cc2cc[n+](C)cc2)C2CCC(Br)CC2)CC1. The second-order valence-corrected chi connectivity index (χ2v) is 9.63. The van der Waals surface area contributed by atoms with E-state index in [4.69, 9.17) is 0 Å². The van der Waals surface area contributed by atoms with Crippen molar-refractivity contribution in [2.45, 2.75) is 56.2 Å². The molecule has 1 aromatic heterocycles. The number of hydrogen-bond acceptors (Lipinski definition) is 1. The van der Waals surface area contributed by atoms with Crippen LogP contribution in [0.5, 0.6) is 0 Å². The van der Waals surface area contributed by atoms with Crippen LogP contribution in [0.4, 0.5) is 0 Å². The number of rotatable bonds is 5. The van der Waals surface area contributed by atoms with Gasteiger partial charge in [-0.3, -0.25) is 0 Å². The summed E-state index contributed by atoms with van der Waals surface area (Å²) in [6.45, 7) is 2.60. The van der Waals surface area contributed by atoms with Crippen LogP contribution in [0.3, 0.4) is 0 Å². The molecule has 1 saturated carbocycles. The summed E-state index contributed by atoms with van der Waals surface area (Å²) < 4.78 is 2.14. The zero-order valence-corrected chi connectivity index (χ0v) is 17.0. The molecule has 0 radical (unpaired) electrons. The molecule has 3 rings (SSSR count). The Kier molecular flexibility index (Phi) is 6.74. The molecule has 1 aliphatic heterocycles. The second-order valence-electron chi connectivity index (χ2n) is 8.33. The maximum Gasteiger partial charge on any atom is 0.168 e. The summed E-state index contributed by atoms with van der Waals surface area (Å²) in [5.74, 6) is 2.77. The first-order valence-electron chi connectivity index (χ1n) is 9.87. The van der Waals surface area contributed by atoms with Crippen molar-refractivity contribution in [2.24, 2.45) is 24.8 Å². The van der Waals surface area contributed by atoms with Crippen LogP contribution in [-0.2, 0) is 13.5 Å². The number of aromatic nitrogens is 1. The fourth-order valence-corrected chi connectivity index (χ4v) is 5.22. The van der Waals surface area contributed by atoms with Gasteiger partial charge in [-0.1, -0.05) is 15.9 Å². The third-order valence-electron chi connectivity index (χ3n) is 6.39. The van der Waals surface area contributed by atoms with Crippen LogP contribution in [0.2, 0.25) is 0 Å². The molecule has 134 valence electrons. The van der Waals surface area contributed by atoms with E-state index in [0.717, 1.165) is 22.6 Å². The molecule has 0 amide bonds. The third kappa shape index (κ3) is 5.29. The van der Waals surface area contributed by atoms with Crippen LogP contribution < -0.4 is 4.57 Å². The minimum Gasteiger partial charge on any atom is -0.306 e. The molecule has 0 spiro atoms. The fourth-order valence-electron chi connectivity index (χ4n) is 4.69. The van der Waals surface area contributed by atoms with Gasteiger partial charge in [0.05, 0.1) is 0 Å². The van der Waals surface area contributed by atoms with Crippen LogP contribution >= 0.6 is 15.9 Å². The maximum atomic E-state index is 3.84. The molecule has 3 heteroatoms. The summed E-state index contributed by atoms with van der Waals surface area (Å²) in [6.07, 6.45) is 15.6. The summed E-state index contributed by atoms with van der Waals surface area (Å²) in [7, 11) is 4.38. The average molecular weight is 394 g/mol. The van der Waals surface area contributed by atoms with E-state index in [-0.39, 0.29) is 0 Å². The second kappa shape index (κ2) is 8.80. The zero-order chi connectivity index (χ0) is 16.9. The Labute approximate surface area is 156 Å². The van der Waals surface area contributed by atoms with Gasteiger partial charge in [0.25, 0.3) is 0 Å². The van der Waals surface area contributed by atoms with Crippen molar-refractivity contribution in [2.75, 3.05) is 20.1 Å². The number of halogens is 1. The highest BCUT2D eigenvalue weighted by molar-refractivity contribution is 9.09. The monoisotopic (exact) mass is 393 g/mol. The Bertz CT molecular complexity index is 485. The molecule has 2 aliphatic rings. The number of nitrogens with zero attached hydrogens (tertiary/aromatic N) is 2. The normalized spacial score (nSPS) is 28.0. The molecule has 2 nitrogen and oxygen atoms in total. The number of aryl methyl sites for hydroxylation is 1. The number of pyridine rings is 1. The van der Waals surface area contributed by atoms with Crippen molar-refractivity contribution in [3.05, 3.63) is 30.1 Å². The lowest BCUT2D eigenvalue weighted by Crippen LogP contribution is -2.33. The molecule has 2 heterocycles. The third-order valence-corrected chi connectivity index (χ3v) is 7.30. The highest BCUT2D eigenvalue weighted by atomic mass is 79.9. The smallest absolute Gasteiger partial charge is 0.168 e. The highest BCUT2D eigenvalue weighted by Crippen LogP contribution is 2.39. The van der Waals surface area contributed by atoms with E-state index >= 15 is 0 Å². The van der Waals surface area contributed by atoms with Gasteiger partial charge in [0.1, 0.15) is 7.05 Å². The standard InChI is InChI=1S/C21H34BrN2/c1-23-11-7-17(8-12-23)15-20(19-3-5-21(22)6-4-19)16-18-9-13-24(2)14-10-18/h7-8,11-12,18-21H,3-6,9-10,13-16H2,1-2H3/q+1. The van der Waals surface area contributed by atoms with Gasteiger partial charge in [0, 0.05) is 17.0 Å². The minimum atomic E-state index is 0.772. The average Bonchev–Trinajstić information content (AvgIpc) is 2.59. The zero-order valence-electron chi connectivity index (χ0n) is 15.5. The van der Waals surface area contributed by atoms with E-state index in [0.29, 0.717) is 0 Å². The van der Waals surface area contributed by atoms with Crippen molar-refractivity contribution >= 4 is 15.9 Å². The van der Waals surface area contributed by atoms with Gasteiger partial charge >= 0.3 is 0 Å². The molecule has 1 saturated heterocycles. The van der Waals surface area contributed by atoms with E-state index < -0.39 is 0 Å². The van der Waals surface area contributed by atoms with E-state index in [1.807, 2.05) is 0 Å². The predicted molar refractivity (Wildman–Crippen MR) is 104 cm³/mol. The van der Waals surface area contributed by atoms with E-state index in [1.165, 1.54) is 70.0 Å². The first-order chi connectivity index (χ1) is 11.6. The van der Waals surface area contributed by atoms with Crippen LogP contribution in [0, 0.1) is 17.8 Å². The summed E-state index contributed by atoms with van der Waals surface area (Å²) in [6, 6.07) is 4.66. The molecule has 1 atom stereocenters. The number of piperidine rings is 1. The molecule has 1 aromatic rings. The topological polar surface area (TPSA) is 7.12 Å². The van der Waals surface area contributed by atoms with Crippen molar-refractivity contribution in [1.82, 2.24) is 4.90 Å². The van der Waals surface area contributed by atoms with Crippen LogP contribution in [0.15, 0.2) is 24.5 Å². The van der Waals surface area contributed by atoms with Gasteiger partial charge < -0.3 is 4.90 Å². The Morgan fingerprint density at radius 1 is 1.08 bits per heavy atom. The van der Waals surface area contributed by atoms with Crippen molar-refractivity contribution in [3.8, 4) is 0 Å². The molecular formula is C21H34BrN2+. The summed E-state index contributed by atoms with van der Waals surface area (Å²) in [5.41, 5.74) is 1.53. The molecule has 0 N–H and O–H groups in total. The van der Waals surface area contributed by atoms with Gasteiger partial charge in [-0.25, -0.2) is 4.57 Å². The van der Waals surface area contributed by atoms with Gasteiger partial charge in [0.15, 0.2) is 12.4 Å². The van der Waals surface area contributed by atoms with E-state index in [2.05, 4.69) is 64.0 Å². The van der Waals surface area contributed by atoms with E-state index in [9.17, 15) is 0 Å². The van der Waals surface area contributed by atoms with Crippen LogP contribution in [0.1, 0.15) is 50.5 Å². The Morgan fingerprint density at radius 3 is 2.33 bits per heavy atom. The van der Waals surface area contributed by atoms with Crippen molar-refractivity contribution in [3.63, 3.8) is 0 Å². The number of alkyl halides is 1. The Morgan fingerprint density at radius 2 is 1.71 bits per heavy atom. The van der Waals surface area contributed by atoms with Crippen LogP contribution in [0.25, 0.3) is 0 Å². The van der Waals surface area contributed by atoms with Gasteiger partial charge in [-0.05, 0) is 94.8 Å². The quantitative estimate of drug-likeness (QED) is 0.532. The fraction of sp³-hybridized carbons (Fsp3) is 0.762. The summed E-state index contributed by atoms with van der Waals surface area (Å²) >= 11 is 3.84. The molecule has 1 unspecified atom stereocenters. The molecule has 1 aliphatic carbocycles. The molecular weight excluding hydrogens is 360 g/mol. The summed E-state index contributed by atoms with van der Waals surface area (Å²) in [5, 5.41) is 0. The lowest BCUT2D eigenvalue weighted by atomic mass is 9.72. The van der Waals surface area contributed by atoms with Crippen molar-refractivity contribution < 1.29 is 4.57 Å². The van der Waals surface area contributed by atoms with Crippen LogP contribution in [-0.4, -0.2) is 29.9 Å². The van der Waals surface area contributed by atoms with Gasteiger partial charge in [0.2, 0.25) is 0 Å². The Hall–Kier alpha value is -0.410.